The number of piperazine rings is 1. The van der Waals surface area contributed by atoms with Crippen LogP contribution in [0.15, 0.2) is 36.5 Å². The maximum atomic E-state index is 13.1. The van der Waals surface area contributed by atoms with E-state index in [1.54, 1.807) is 24.9 Å². The number of aliphatic carboxylic acids is 1. The smallest absolute Gasteiger partial charge is 0.321 e. The summed E-state index contributed by atoms with van der Waals surface area (Å²) in [6, 6.07) is 9.19. The minimum Gasteiger partial charge on any atom is -0.481 e. The second-order valence-electron chi connectivity index (χ2n) is 11.5. The van der Waals surface area contributed by atoms with Crippen molar-refractivity contribution in [1.82, 2.24) is 20.1 Å². The van der Waals surface area contributed by atoms with E-state index in [4.69, 9.17) is 4.74 Å². The third-order valence-electron chi connectivity index (χ3n) is 7.56. The van der Waals surface area contributed by atoms with Crippen LogP contribution in [0.25, 0.3) is 0 Å². The number of pyridine rings is 1. The zero-order chi connectivity index (χ0) is 28.4. The Morgan fingerprint density at radius 1 is 1.15 bits per heavy atom. The van der Waals surface area contributed by atoms with E-state index in [0.29, 0.717) is 57.3 Å². The third-order valence-corrected chi connectivity index (χ3v) is 7.56. The standard InChI is InChI=1S/C29H39N5O5/c1-19-13-20(2)24(30-16-19)39-29(15-21(29)3)25(35)31-17-22-7-6-8-23(14-22)32-27(38)34-11-9-33(10-12-34)18-28(4,5)26(36)37/h6-8,13-14,16,21H,9-12,15,17-18H2,1-5H3,(H,31,35)(H,32,38)(H,36,37). The predicted octanol–water partition coefficient (Wildman–Crippen LogP) is 3.43. The fraction of sp³-hybridized carbons (Fsp3) is 0.517. The van der Waals surface area contributed by atoms with Gasteiger partial charge in [-0.2, -0.15) is 0 Å². The summed E-state index contributed by atoms with van der Waals surface area (Å²) in [6.07, 6.45) is 2.37. The molecule has 1 aromatic carbocycles. The molecule has 10 nitrogen and oxygen atoms in total. The highest BCUT2D eigenvalue weighted by Gasteiger charge is 2.60. The first-order chi connectivity index (χ1) is 18.4. The zero-order valence-corrected chi connectivity index (χ0v) is 23.4. The summed E-state index contributed by atoms with van der Waals surface area (Å²) in [5.41, 5.74) is 1.69. The Morgan fingerprint density at radius 3 is 2.46 bits per heavy atom. The number of amides is 3. The van der Waals surface area contributed by atoms with Crippen LogP contribution in [-0.2, 0) is 16.1 Å². The average molecular weight is 538 g/mol. The molecule has 10 heteroatoms. The fourth-order valence-corrected chi connectivity index (χ4v) is 4.91. The van der Waals surface area contributed by atoms with Crippen molar-refractivity contribution in [2.75, 3.05) is 38.0 Å². The number of aromatic nitrogens is 1. The van der Waals surface area contributed by atoms with E-state index in [9.17, 15) is 19.5 Å². The number of aryl methyl sites for hydroxylation is 2. The van der Waals surface area contributed by atoms with Gasteiger partial charge in [0.05, 0.1) is 5.41 Å². The molecule has 2 fully saturated rings. The monoisotopic (exact) mass is 537 g/mol. The van der Waals surface area contributed by atoms with Gasteiger partial charge in [0.15, 0.2) is 5.60 Å². The van der Waals surface area contributed by atoms with Crippen LogP contribution in [0.4, 0.5) is 10.5 Å². The summed E-state index contributed by atoms with van der Waals surface area (Å²) in [4.78, 5) is 45.6. The van der Waals surface area contributed by atoms with E-state index in [-0.39, 0.29) is 17.9 Å². The highest BCUT2D eigenvalue weighted by atomic mass is 16.5. The lowest BCUT2D eigenvalue weighted by atomic mass is 9.93. The highest BCUT2D eigenvalue weighted by Crippen LogP contribution is 2.47. The van der Waals surface area contributed by atoms with E-state index >= 15 is 0 Å². The first-order valence-corrected chi connectivity index (χ1v) is 13.4. The molecule has 0 bridgehead atoms. The van der Waals surface area contributed by atoms with Crippen molar-refractivity contribution in [2.45, 2.75) is 53.2 Å². The van der Waals surface area contributed by atoms with Crippen molar-refractivity contribution >= 4 is 23.6 Å². The van der Waals surface area contributed by atoms with Crippen molar-refractivity contribution in [3.8, 4) is 5.88 Å². The topological polar surface area (TPSA) is 124 Å². The van der Waals surface area contributed by atoms with Crippen molar-refractivity contribution in [3.63, 3.8) is 0 Å². The Balaban J connectivity index is 1.28. The largest absolute Gasteiger partial charge is 0.481 e. The molecule has 2 aromatic rings. The molecule has 1 saturated heterocycles. The first-order valence-electron chi connectivity index (χ1n) is 13.4. The number of anilines is 1. The van der Waals surface area contributed by atoms with Gasteiger partial charge in [-0.25, -0.2) is 9.78 Å². The van der Waals surface area contributed by atoms with E-state index in [1.165, 1.54) is 0 Å². The number of carboxylic acids is 1. The lowest BCUT2D eigenvalue weighted by molar-refractivity contribution is -0.148. The molecule has 3 amide bonds. The van der Waals surface area contributed by atoms with Crippen molar-refractivity contribution in [3.05, 3.63) is 53.2 Å². The van der Waals surface area contributed by atoms with Gasteiger partial charge in [-0.15, -0.1) is 0 Å². The summed E-state index contributed by atoms with van der Waals surface area (Å²) >= 11 is 0. The Kier molecular flexibility index (Phi) is 8.15. The molecule has 1 aromatic heterocycles. The SMILES string of the molecule is Cc1cnc(OC2(C(=O)NCc3cccc(NC(=O)N4CCN(CC(C)(C)C(=O)O)CC4)c3)CC2C)c(C)c1. The Labute approximate surface area is 229 Å². The summed E-state index contributed by atoms with van der Waals surface area (Å²) in [5.74, 6) is -0.431. The number of carboxylic acid groups (broad SMARTS) is 1. The number of carbonyl (C=O) groups excluding carboxylic acids is 2. The van der Waals surface area contributed by atoms with Crippen LogP contribution in [0.2, 0.25) is 0 Å². The molecular formula is C29H39N5O5. The number of urea groups is 1. The molecular weight excluding hydrogens is 498 g/mol. The van der Waals surface area contributed by atoms with Gasteiger partial charge in [-0.3, -0.25) is 14.5 Å². The van der Waals surface area contributed by atoms with Crippen LogP contribution in [-0.4, -0.2) is 76.1 Å². The lowest BCUT2D eigenvalue weighted by Gasteiger charge is -2.37. The Morgan fingerprint density at radius 2 is 1.85 bits per heavy atom. The van der Waals surface area contributed by atoms with Crippen LogP contribution in [0.3, 0.4) is 0 Å². The number of nitrogens with zero attached hydrogens (tertiary/aromatic N) is 3. The molecule has 2 aliphatic rings. The van der Waals surface area contributed by atoms with Crippen molar-refractivity contribution in [2.24, 2.45) is 11.3 Å². The summed E-state index contributed by atoms with van der Waals surface area (Å²) in [6.45, 7) is 12.3. The first kappa shape index (κ1) is 28.4. The number of benzene rings is 1. The van der Waals surface area contributed by atoms with Gasteiger partial charge in [0.1, 0.15) is 0 Å². The number of nitrogens with one attached hydrogen (secondary N) is 2. The predicted molar refractivity (Wildman–Crippen MR) is 148 cm³/mol. The van der Waals surface area contributed by atoms with Crippen LogP contribution in [0.5, 0.6) is 5.88 Å². The molecule has 210 valence electrons. The van der Waals surface area contributed by atoms with Gasteiger partial charge in [0.25, 0.3) is 5.91 Å². The molecule has 1 aliphatic carbocycles. The van der Waals surface area contributed by atoms with Crippen LogP contribution >= 0.6 is 0 Å². The molecule has 2 heterocycles. The quantitative estimate of drug-likeness (QED) is 0.448. The number of ether oxygens (including phenoxy) is 1. The van der Waals surface area contributed by atoms with Crippen LogP contribution < -0.4 is 15.4 Å². The molecule has 39 heavy (non-hydrogen) atoms. The van der Waals surface area contributed by atoms with Gasteiger partial charge in [0, 0.05) is 69.1 Å². The van der Waals surface area contributed by atoms with Gasteiger partial charge in [-0.05, 0) is 57.0 Å². The molecule has 2 unspecified atom stereocenters. The molecule has 2 atom stereocenters. The van der Waals surface area contributed by atoms with Gasteiger partial charge >= 0.3 is 12.0 Å². The second-order valence-corrected chi connectivity index (χ2v) is 11.5. The van der Waals surface area contributed by atoms with Crippen LogP contribution in [0.1, 0.15) is 43.9 Å². The Bertz CT molecular complexity index is 1240. The number of hydrogen-bond donors (Lipinski definition) is 3. The van der Waals surface area contributed by atoms with E-state index < -0.39 is 17.0 Å². The fourth-order valence-electron chi connectivity index (χ4n) is 4.91. The summed E-state index contributed by atoms with van der Waals surface area (Å²) in [5, 5.41) is 15.3. The zero-order valence-electron chi connectivity index (χ0n) is 23.4. The van der Waals surface area contributed by atoms with Crippen molar-refractivity contribution < 1.29 is 24.2 Å². The van der Waals surface area contributed by atoms with Gasteiger partial charge < -0.3 is 25.4 Å². The lowest BCUT2D eigenvalue weighted by Crippen LogP contribution is -2.52. The van der Waals surface area contributed by atoms with E-state index in [0.717, 1.165) is 16.7 Å². The van der Waals surface area contributed by atoms with Crippen LogP contribution in [0, 0.1) is 25.2 Å². The van der Waals surface area contributed by atoms with E-state index in [2.05, 4.69) is 20.5 Å². The van der Waals surface area contributed by atoms with Crippen molar-refractivity contribution in [1.29, 1.82) is 0 Å². The maximum absolute atomic E-state index is 13.1. The summed E-state index contributed by atoms with van der Waals surface area (Å²) < 4.78 is 6.13. The third kappa shape index (κ3) is 6.68. The maximum Gasteiger partial charge on any atom is 0.321 e. The molecule has 4 rings (SSSR count). The average Bonchev–Trinajstić information content (AvgIpc) is 3.54. The number of rotatable bonds is 9. The summed E-state index contributed by atoms with van der Waals surface area (Å²) in [7, 11) is 0. The number of carbonyl (C=O) groups is 3. The second kappa shape index (κ2) is 11.2. The number of hydrogen-bond acceptors (Lipinski definition) is 6. The Hall–Kier alpha value is -3.66. The molecule has 0 spiro atoms. The van der Waals surface area contributed by atoms with E-state index in [1.807, 2.05) is 51.1 Å². The molecule has 1 saturated carbocycles. The van der Waals surface area contributed by atoms with Gasteiger partial charge in [-0.1, -0.05) is 19.1 Å². The minimum absolute atomic E-state index is 0.0845. The normalized spacial score (nSPS) is 21.3. The molecule has 0 radical (unpaired) electrons. The van der Waals surface area contributed by atoms with Gasteiger partial charge in [0.2, 0.25) is 5.88 Å². The molecule has 3 N–H and O–H groups in total. The highest BCUT2D eigenvalue weighted by molar-refractivity contribution is 5.90. The molecule has 1 aliphatic heterocycles. The minimum atomic E-state index is -0.916.